The normalized spacial score (nSPS) is 10.6. The van der Waals surface area contributed by atoms with Crippen LogP contribution < -0.4 is 15.0 Å². The number of pyridine rings is 1. The van der Waals surface area contributed by atoms with Crippen LogP contribution >= 0.6 is 0 Å². The molecule has 158 valence electrons. The van der Waals surface area contributed by atoms with E-state index in [0.29, 0.717) is 37.3 Å². The highest BCUT2D eigenvalue weighted by Gasteiger charge is 2.18. The van der Waals surface area contributed by atoms with E-state index >= 15 is 0 Å². The molecule has 0 radical (unpaired) electrons. The number of aromatic amines is 1. The fourth-order valence-corrected chi connectivity index (χ4v) is 3.13. The minimum Gasteiger partial charge on any atom is -0.497 e. The number of nitrogens with one attached hydrogen (secondary N) is 2. The molecule has 30 heavy (non-hydrogen) atoms. The van der Waals surface area contributed by atoms with Crippen molar-refractivity contribution in [3.8, 4) is 5.75 Å². The van der Waals surface area contributed by atoms with E-state index in [-0.39, 0.29) is 12.3 Å². The van der Waals surface area contributed by atoms with Gasteiger partial charge in [0, 0.05) is 49.3 Å². The largest absolute Gasteiger partial charge is 0.497 e. The van der Waals surface area contributed by atoms with Gasteiger partial charge in [0.15, 0.2) is 5.65 Å². The average Bonchev–Trinajstić information content (AvgIpc) is 3.20. The smallest absolute Gasteiger partial charge is 0.406 e. The van der Waals surface area contributed by atoms with E-state index in [1.807, 2.05) is 36.4 Å². The first-order valence-corrected chi connectivity index (χ1v) is 9.66. The number of H-pyrrole nitrogens is 1. The topological polar surface area (TPSA) is 109 Å². The van der Waals surface area contributed by atoms with Crippen molar-refractivity contribution in [3.05, 3.63) is 48.3 Å². The summed E-state index contributed by atoms with van der Waals surface area (Å²) in [4.78, 5) is 30.3. The highest BCUT2D eigenvalue weighted by atomic mass is 16.5. The van der Waals surface area contributed by atoms with Gasteiger partial charge >= 0.3 is 6.09 Å². The van der Waals surface area contributed by atoms with Gasteiger partial charge in [-0.05, 0) is 30.7 Å². The summed E-state index contributed by atoms with van der Waals surface area (Å²) < 4.78 is 9.86. The SMILES string of the molecule is COC(=O)NCCCN(C(=O)CCc1n[nH]c2ncccc12)c1cccc(OC)c1. The number of benzene rings is 1. The molecule has 2 N–H and O–H groups in total. The Hall–Kier alpha value is -3.62. The molecule has 0 unspecified atom stereocenters. The fourth-order valence-electron chi connectivity index (χ4n) is 3.13. The lowest BCUT2D eigenvalue weighted by molar-refractivity contribution is -0.118. The first-order chi connectivity index (χ1) is 14.6. The number of carbonyl (C=O) groups is 2. The molecular formula is C21H25N5O4. The number of amides is 2. The fraction of sp³-hybridized carbons (Fsp3) is 0.333. The van der Waals surface area contributed by atoms with Crippen molar-refractivity contribution in [2.75, 3.05) is 32.2 Å². The maximum absolute atomic E-state index is 13.1. The van der Waals surface area contributed by atoms with Crippen LogP contribution in [0.2, 0.25) is 0 Å². The maximum Gasteiger partial charge on any atom is 0.406 e. The van der Waals surface area contributed by atoms with Crippen LogP contribution in [0.15, 0.2) is 42.6 Å². The van der Waals surface area contributed by atoms with Gasteiger partial charge in [0.05, 0.1) is 19.9 Å². The van der Waals surface area contributed by atoms with Crippen LogP contribution in [0.3, 0.4) is 0 Å². The zero-order valence-corrected chi connectivity index (χ0v) is 17.1. The molecule has 3 rings (SSSR count). The Morgan fingerprint density at radius 1 is 1.20 bits per heavy atom. The number of fused-ring (bicyclic) bond motifs is 1. The second kappa shape index (κ2) is 10.2. The number of ether oxygens (including phenoxy) is 2. The molecule has 0 fully saturated rings. The minimum atomic E-state index is -0.492. The van der Waals surface area contributed by atoms with E-state index in [0.717, 1.165) is 16.8 Å². The Morgan fingerprint density at radius 2 is 2.07 bits per heavy atom. The van der Waals surface area contributed by atoms with E-state index in [9.17, 15) is 9.59 Å². The number of rotatable bonds is 9. The van der Waals surface area contributed by atoms with Crippen molar-refractivity contribution in [2.24, 2.45) is 0 Å². The summed E-state index contributed by atoms with van der Waals surface area (Å²) in [5.74, 6) is 0.628. The lowest BCUT2D eigenvalue weighted by Gasteiger charge is -2.23. The lowest BCUT2D eigenvalue weighted by Crippen LogP contribution is -2.34. The van der Waals surface area contributed by atoms with Gasteiger partial charge in [0.1, 0.15) is 5.75 Å². The minimum absolute atomic E-state index is 0.0404. The number of alkyl carbamates (subject to hydrolysis) is 1. The number of carbonyl (C=O) groups excluding carboxylic acids is 2. The number of aromatic nitrogens is 3. The van der Waals surface area contributed by atoms with Gasteiger partial charge in [-0.15, -0.1) is 0 Å². The summed E-state index contributed by atoms with van der Waals surface area (Å²) in [5.41, 5.74) is 2.26. The third kappa shape index (κ3) is 5.25. The molecule has 2 heterocycles. The number of hydrogen-bond donors (Lipinski definition) is 2. The van der Waals surface area contributed by atoms with Crippen molar-refractivity contribution < 1.29 is 19.1 Å². The monoisotopic (exact) mass is 411 g/mol. The van der Waals surface area contributed by atoms with Gasteiger partial charge in [0.25, 0.3) is 0 Å². The van der Waals surface area contributed by atoms with Gasteiger partial charge in [0.2, 0.25) is 5.91 Å². The van der Waals surface area contributed by atoms with Gasteiger partial charge < -0.3 is 19.7 Å². The molecule has 0 spiro atoms. The van der Waals surface area contributed by atoms with Crippen LogP contribution in [-0.2, 0) is 16.0 Å². The number of methoxy groups -OCH3 is 2. The van der Waals surface area contributed by atoms with Crippen molar-refractivity contribution in [2.45, 2.75) is 19.3 Å². The predicted octanol–water partition coefficient (Wildman–Crippen LogP) is 2.68. The molecule has 0 saturated carbocycles. The molecule has 9 heteroatoms. The second-order valence-corrected chi connectivity index (χ2v) is 6.59. The van der Waals surface area contributed by atoms with Crippen molar-refractivity contribution >= 4 is 28.7 Å². The van der Waals surface area contributed by atoms with Crippen molar-refractivity contribution in [1.82, 2.24) is 20.5 Å². The molecular weight excluding hydrogens is 386 g/mol. The highest BCUT2D eigenvalue weighted by molar-refractivity contribution is 5.94. The molecule has 0 aliphatic carbocycles. The molecule has 0 bridgehead atoms. The Morgan fingerprint density at radius 3 is 2.87 bits per heavy atom. The quantitative estimate of drug-likeness (QED) is 0.524. The summed E-state index contributed by atoms with van der Waals surface area (Å²) in [6.45, 7) is 0.842. The van der Waals surface area contributed by atoms with Crippen LogP contribution in [0.25, 0.3) is 11.0 Å². The standard InChI is InChI=1S/C21H25N5O4/c1-29-16-7-3-6-15(14-16)26(13-5-12-23-21(28)30-2)19(27)10-9-18-17-8-4-11-22-20(17)25-24-18/h3-4,6-8,11,14H,5,9-10,12-13H2,1-2H3,(H,23,28)(H,22,24,25). The van der Waals surface area contributed by atoms with Crippen LogP contribution in [-0.4, -0.2) is 54.5 Å². The molecule has 1 aromatic carbocycles. The summed E-state index contributed by atoms with van der Waals surface area (Å²) in [6.07, 6.45) is 2.56. The van der Waals surface area contributed by atoms with E-state index in [2.05, 4.69) is 25.2 Å². The number of aryl methyl sites for hydroxylation is 1. The zero-order chi connectivity index (χ0) is 21.3. The molecule has 0 aliphatic heterocycles. The van der Waals surface area contributed by atoms with Gasteiger partial charge in [-0.25, -0.2) is 9.78 Å². The molecule has 0 saturated heterocycles. The maximum atomic E-state index is 13.1. The Balaban J connectivity index is 1.69. The van der Waals surface area contributed by atoms with E-state index < -0.39 is 6.09 Å². The summed E-state index contributed by atoms with van der Waals surface area (Å²) in [7, 11) is 2.90. The summed E-state index contributed by atoms with van der Waals surface area (Å²) in [6, 6.07) is 11.1. The molecule has 2 amide bonds. The zero-order valence-electron chi connectivity index (χ0n) is 17.1. The van der Waals surface area contributed by atoms with E-state index in [1.165, 1.54) is 7.11 Å². The average molecular weight is 411 g/mol. The first kappa shape index (κ1) is 21.1. The predicted molar refractivity (Wildman–Crippen MR) is 113 cm³/mol. The van der Waals surface area contributed by atoms with Gasteiger partial charge in [-0.3, -0.25) is 9.89 Å². The van der Waals surface area contributed by atoms with Crippen LogP contribution in [0.5, 0.6) is 5.75 Å². The number of nitrogens with zero attached hydrogens (tertiary/aromatic N) is 3. The van der Waals surface area contributed by atoms with E-state index in [4.69, 9.17) is 4.74 Å². The third-order valence-corrected chi connectivity index (χ3v) is 4.67. The molecule has 0 atom stereocenters. The van der Waals surface area contributed by atoms with Crippen molar-refractivity contribution in [3.63, 3.8) is 0 Å². The highest BCUT2D eigenvalue weighted by Crippen LogP contribution is 2.23. The molecule has 9 nitrogen and oxygen atoms in total. The van der Waals surface area contributed by atoms with E-state index in [1.54, 1.807) is 18.2 Å². The van der Waals surface area contributed by atoms with Crippen molar-refractivity contribution in [1.29, 1.82) is 0 Å². The summed E-state index contributed by atoms with van der Waals surface area (Å²) in [5, 5.41) is 10.7. The van der Waals surface area contributed by atoms with Gasteiger partial charge in [-0.1, -0.05) is 6.07 Å². The van der Waals surface area contributed by atoms with Crippen LogP contribution in [0.4, 0.5) is 10.5 Å². The summed E-state index contributed by atoms with van der Waals surface area (Å²) >= 11 is 0. The number of anilines is 1. The second-order valence-electron chi connectivity index (χ2n) is 6.59. The Kier molecular flexibility index (Phi) is 7.20. The molecule has 0 aliphatic rings. The Bertz CT molecular complexity index is 1000. The Labute approximate surface area is 174 Å². The molecule has 2 aromatic heterocycles. The van der Waals surface area contributed by atoms with Gasteiger partial charge in [-0.2, -0.15) is 5.10 Å². The lowest BCUT2D eigenvalue weighted by atomic mass is 10.1. The number of hydrogen-bond acceptors (Lipinski definition) is 6. The third-order valence-electron chi connectivity index (χ3n) is 4.67. The van der Waals surface area contributed by atoms with Crippen LogP contribution in [0.1, 0.15) is 18.5 Å². The first-order valence-electron chi connectivity index (χ1n) is 9.66. The van der Waals surface area contributed by atoms with Crippen LogP contribution in [0, 0.1) is 0 Å². The molecule has 3 aromatic rings.